The minimum Gasteiger partial charge on any atom is -0.330 e. The molecule has 0 spiro atoms. The van der Waals surface area contributed by atoms with Crippen molar-refractivity contribution in [1.29, 1.82) is 0 Å². The van der Waals surface area contributed by atoms with Crippen LogP contribution in [0, 0.1) is 20.8 Å². The lowest BCUT2D eigenvalue weighted by molar-refractivity contribution is 0.750. The Morgan fingerprint density at radius 3 is 2.30 bits per heavy atom. The van der Waals surface area contributed by atoms with E-state index in [1.165, 1.54) is 22.4 Å². The van der Waals surface area contributed by atoms with Gasteiger partial charge < -0.3 is 10.6 Å². The predicted molar refractivity (Wildman–Crippen MR) is 84.7 cm³/mol. The van der Waals surface area contributed by atoms with Crippen LogP contribution in [0.1, 0.15) is 22.4 Å². The molecule has 1 aromatic carbocycles. The molecule has 2 aromatic rings. The van der Waals surface area contributed by atoms with E-state index < -0.39 is 0 Å². The van der Waals surface area contributed by atoms with E-state index in [-0.39, 0.29) is 0 Å². The minimum absolute atomic E-state index is 0.639. The molecule has 0 aliphatic heterocycles. The Labute approximate surface area is 121 Å². The van der Waals surface area contributed by atoms with E-state index in [4.69, 9.17) is 5.73 Å². The molecule has 0 atom stereocenters. The summed E-state index contributed by atoms with van der Waals surface area (Å²) in [5, 5.41) is 4.54. The first kappa shape index (κ1) is 14.6. The van der Waals surface area contributed by atoms with Crippen LogP contribution < -0.4 is 10.6 Å². The molecule has 0 bridgehead atoms. The van der Waals surface area contributed by atoms with E-state index in [0.717, 1.165) is 17.9 Å². The molecular formula is C16H24N4. The fraction of sp³-hybridized carbons (Fsp3) is 0.438. The molecule has 2 rings (SSSR count). The smallest absolute Gasteiger partial charge is 0.134 e. The average Bonchev–Trinajstić information content (AvgIpc) is 2.63. The molecule has 0 aliphatic rings. The number of nitrogens with two attached hydrogens (primary N) is 1. The Morgan fingerprint density at radius 1 is 1.15 bits per heavy atom. The molecule has 20 heavy (non-hydrogen) atoms. The molecule has 0 saturated carbocycles. The zero-order chi connectivity index (χ0) is 14.9. The van der Waals surface area contributed by atoms with Gasteiger partial charge in [-0.05, 0) is 57.0 Å². The number of aromatic nitrogens is 2. The van der Waals surface area contributed by atoms with Gasteiger partial charge in [0.05, 0.1) is 5.69 Å². The maximum absolute atomic E-state index is 5.74. The fourth-order valence-electron chi connectivity index (χ4n) is 2.81. The summed E-state index contributed by atoms with van der Waals surface area (Å²) >= 11 is 0. The van der Waals surface area contributed by atoms with Crippen LogP contribution in [0.2, 0.25) is 0 Å². The molecule has 0 fully saturated rings. The molecule has 0 amide bonds. The lowest BCUT2D eigenvalue weighted by atomic mass is 10.1. The zero-order valence-corrected chi connectivity index (χ0v) is 13.1. The van der Waals surface area contributed by atoms with E-state index >= 15 is 0 Å². The third-order valence-electron chi connectivity index (χ3n) is 3.62. The highest BCUT2D eigenvalue weighted by molar-refractivity contribution is 5.65. The molecule has 1 heterocycles. The highest BCUT2D eigenvalue weighted by atomic mass is 15.4. The van der Waals surface area contributed by atoms with Gasteiger partial charge in [-0.3, -0.25) is 4.68 Å². The van der Waals surface area contributed by atoms with Crippen molar-refractivity contribution < 1.29 is 0 Å². The standard InChI is InChI=1S/C16H24N4/c1-11-8-12(2)10-14(9-11)19(4)16-15(6-7-17)13(3)18-20(16)5/h8-10H,6-7,17H2,1-5H3. The first-order valence-electron chi connectivity index (χ1n) is 6.98. The first-order valence-corrected chi connectivity index (χ1v) is 6.98. The van der Waals surface area contributed by atoms with Gasteiger partial charge in [-0.2, -0.15) is 5.10 Å². The Hall–Kier alpha value is -1.81. The predicted octanol–water partition coefficient (Wildman–Crippen LogP) is 2.61. The van der Waals surface area contributed by atoms with Crippen LogP contribution in [-0.2, 0) is 13.5 Å². The van der Waals surface area contributed by atoms with Crippen molar-refractivity contribution in [2.24, 2.45) is 12.8 Å². The molecule has 0 unspecified atom stereocenters. The van der Waals surface area contributed by atoms with Gasteiger partial charge in [-0.25, -0.2) is 0 Å². The molecule has 0 saturated heterocycles. The Bertz CT molecular complexity index is 593. The second-order valence-corrected chi connectivity index (χ2v) is 5.45. The van der Waals surface area contributed by atoms with E-state index in [2.05, 4.69) is 49.1 Å². The fourth-order valence-corrected chi connectivity index (χ4v) is 2.81. The van der Waals surface area contributed by atoms with Gasteiger partial charge in [-0.15, -0.1) is 0 Å². The third kappa shape index (κ3) is 2.70. The highest BCUT2D eigenvalue weighted by Crippen LogP contribution is 2.30. The Balaban J connectivity index is 2.49. The third-order valence-corrected chi connectivity index (χ3v) is 3.62. The SMILES string of the molecule is Cc1cc(C)cc(N(C)c2c(CCN)c(C)nn2C)c1. The van der Waals surface area contributed by atoms with E-state index in [1.807, 2.05) is 18.7 Å². The van der Waals surface area contributed by atoms with Gasteiger partial charge in [-0.1, -0.05) is 6.07 Å². The van der Waals surface area contributed by atoms with Gasteiger partial charge in [0.1, 0.15) is 5.82 Å². The Kier molecular flexibility index (Phi) is 4.14. The van der Waals surface area contributed by atoms with Gasteiger partial charge in [0.15, 0.2) is 0 Å². The summed E-state index contributed by atoms with van der Waals surface area (Å²) in [5.74, 6) is 1.12. The molecule has 0 aliphatic carbocycles. The number of anilines is 2. The largest absolute Gasteiger partial charge is 0.330 e. The van der Waals surface area contributed by atoms with Gasteiger partial charge in [0, 0.05) is 25.3 Å². The molecule has 108 valence electrons. The summed E-state index contributed by atoms with van der Waals surface area (Å²) in [6, 6.07) is 6.58. The summed E-state index contributed by atoms with van der Waals surface area (Å²) in [6.07, 6.45) is 0.851. The maximum atomic E-state index is 5.74. The molecule has 1 aromatic heterocycles. The minimum atomic E-state index is 0.639. The highest BCUT2D eigenvalue weighted by Gasteiger charge is 2.17. The van der Waals surface area contributed by atoms with Crippen LogP contribution in [0.25, 0.3) is 0 Å². The van der Waals surface area contributed by atoms with E-state index in [9.17, 15) is 0 Å². The molecule has 4 nitrogen and oxygen atoms in total. The van der Waals surface area contributed by atoms with Crippen LogP contribution in [0.4, 0.5) is 11.5 Å². The second-order valence-electron chi connectivity index (χ2n) is 5.45. The maximum Gasteiger partial charge on any atom is 0.134 e. The lowest BCUT2D eigenvalue weighted by Gasteiger charge is -2.22. The van der Waals surface area contributed by atoms with Crippen LogP contribution in [0.15, 0.2) is 18.2 Å². The number of benzene rings is 1. The van der Waals surface area contributed by atoms with Crippen molar-refractivity contribution in [2.45, 2.75) is 27.2 Å². The van der Waals surface area contributed by atoms with E-state index in [1.54, 1.807) is 0 Å². The molecule has 0 radical (unpaired) electrons. The topological polar surface area (TPSA) is 47.1 Å². The number of nitrogens with zero attached hydrogens (tertiary/aromatic N) is 3. The summed E-state index contributed by atoms with van der Waals surface area (Å²) in [4.78, 5) is 2.20. The average molecular weight is 272 g/mol. The lowest BCUT2D eigenvalue weighted by Crippen LogP contribution is -2.16. The normalized spacial score (nSPS) is 10.9. The van der Waals surface area contributed by atoms with Crippen molar-refractivity contribution in [3.8, 4) is 0 Å². The van der Waals surface area contributed by atoms with Crippen molar-refractivity contribution in [2.75, 3.05) is 18.5 Å². The van der Waals surface area contributed by atoms with E-state index in [0.29, 0.717) is 6.54 Å². The second kappa shape index (κ2) is 5.67. The zero-order valence-electron chi connectivity index (χ0n) is 13.1. The summed E-state index contributed by atoms with van der Waals surface area (Å²) in [5.41, 5.74) is 11.8. The number of aryl methyl sites for hydroxylation is 4. The summed E-state index contributed by atoms with van der Waals surface area (Å²) in [7, 11) is 4.08. The quantitative estimate of drug-likeness (QED) is 0.930. The van der Waals surface area contributed by atoms with Crippen molar-refractivity contribution >= 4 is 11.5 Å². The Morgan fingerprint density at radius 2 is 1.75 bits per heavy atom. The van der Waals surface area contributed by atoms with Crippen LogP contribution in [-0.4, -0.2) is 23.4 Å². The first-order chi connectivity index (χ1) is 9.43. The molecule has 4 heteroatoms. The van der Waals surface area contributed by atoms with Gasteiger partial charge in [0.25, 0.3) is 0 Å². The van der Waals surface area contributed by atoms with Crippen molar-refractivity contribution in [3.05, 3.63) is 40.6 Å². The van der Waals surface area contributed by atoms with Crippen molar-refractivity contribution in [3.63, 3.8) is 0 Å². The van der Waals surface area contributed by atoms with Gasteiger partial charge >= 0.3 is 0 Å². The van der Waals surface area contributed by atoms with Crippen LogP contribution in [0.5, 0.6) is 0 Å². The molecule has 2 N–H and O–H groups in total. The number of hydrogen-bond acceptors (Lipinski definition) is 3. The van der Waals surface area contributed by atoms with Crippen molar-refractivity contribution in [1.82, 2.24) is 9.78 Å². The van der Waals surface area contributed by atoms with Crippen LogP contribution >= 0.6 is 0 Å². The summed E-state index contributed by atoms with van der Waals surface area (Å²) in [6.45, 7) is 6.93. The molecular weight excluding hydrogens is 248 g/mol. The number of hydrogen-bond donors (Lipinski definition) is 1. The van der Waals surface area contributed by atoms with Crippen LogP contribution in [0.3, 0.4) is 0 Å². The number of rotatable bonds is 4. The monoisotopic (exact) mass is 272 g/mol. The summed E-state index contributed by atoms with van der Waals surface area (Å²) < 4.78 is 1.94. The van der Waals surface area contributed by atoms with Gasteiger partial charge in [0.2, 0.25) is 0 Å².